The van der Waals surface area contributed by atoms with Crippen molar-refractivity contribution in [3.8, 4) is 5.75 Å². The van der Waals surface area contributed by atoms with Gasteiger partial charge in [-0.15, -0.1) is 0 Å². The summed E-state index contributed by atoms with van der Waals surface area (Å²) in [7, 11) is 1.52. The van der Waals surface area contributed by atoms with Crippen molar-refractivity contribution in [1.82, 2.24) is 5.32 Å². The third-order valence-corrected chi connectivity index (χ3v) is 4.13. The molecule has 0 saturated heterocycles. The predicted molar refractivity (Wildman–Crippen MR) is 75.5 cm³/mol. The Hall–Kier alpha value is -1.27. The van der Waals surface area contributed by atoms with Crippen molar-refractivity contribution in [2.75, 3.05) is 0 Å². The highest BCUT2D eigenvalue weighted by Crippen LogP contribution is 2.32. The zero-order valence-corrected chi connectivity index (χ0v) is 13.0. The van der Waals surface area contributed by atoms with E-state index in [1.165, 1.54) is 18.2 Å². The molecule has 1 aromatic rings. The van der Waals surface area contributed by atoms with Crippen LogP contribution in [0.1, 0.15) is 26.3 Å². The van der Waals surface area contributed by atoms with Crippen LogP contribution in [0.25, 0.3) is 0 Å². The van der Waals surface area contributed by atoms with Gasteiger partial charge in [-0.2, -0.15) is 0 Å². The predicted octanol–water partition coefficient (Wildman–Crippen LogP) is 1.83. The van der Waals surface area contributed by atoms with Crippen molar-refractivity contribution in [3.63, 3.8) is 0 Å². The van der Waals surface area contributed by atoms with E-state index >= 15 is 0 Å². The highest BCUT2D eigenvalue weighted by molar-refractivity contribution is 8.13. The zero-order valence-electron chi connectivity index (χ0n) is 11.4. The molecule has 1 aliphatic rings. The average molecular weight is 318 g/mol. The van der Waals surface area contributed by atoms with Gasteiger partial charge in [-0.05, 0) is 44.5 Å². The smallest absolute Gasteiger partial charge is 0.261 e. The Balaban J connectivity index is 2.18. The lowest BCUT2D eigenvalue weighted by Crippen LogP contribution is -2.47. The Morgan fingerprint density at radius 3 is 2.60 bits per heavy atom. The molecule has 1 atom stereocenters. The fraction of sp³-hybridized carbons (Fsp3) is 0.462. The third kappa shape index (κ3) is 3.43. The molecule has 1 N–H and O–H groups in total. The van der Waals surface area contributed by atoms with Gasteiger partial charge in [-0.3, -0.25) is 4.79 Å². The third-order valence-electron chi connectivity index (χ3n) is 2.78. The Bertz CT molecular complexity index is 649. The van der Waals surface area contributed by atoms with Gasteiger partial charge in [-0.25, -0.2) is 8.42 Å². The topological polar surface area (TPSA) is 72.5 Å². The van der Waals surface area contributed by atoms with Crippen LogP contribution in [0, 0.1) is 0 Å². The lowest BCUT2D eigenvalue weighted by Gasteiger charge is -2.22. The highest BCUT2D eigenvalue weighted by Gasteiger charge is 2.31. The first-order chi connectivity index (χ1) is 9.06. The quantitative estimate of drug-likeness (QED) is 0.845. The Labute approximate surface area is 122 Å². The van der Waals surface area contributed by atoms with Crippen LogP contribution in [0.15, 0.2) is 23.1 Å². The number of hydrogen-bond donors (Lipinski definition) is 1. The number of carbonyl (C=O) groups is 1. The highest BCUT2D eigenvalue weighted by atomic mass is 35.7. The van der Waals surface area contributed by atoms with E-state index < -0.39 is 15.2 Å². The number of fused-ring (bicyclic) bond motifs is 1. The summed E-state index contributed by atoms with van der Waals surface area (Å²) < 4.78 is 28.1. The van der Waals surface area contributed by atoms with E-state index in [4.69, 9.17) is 15.4 Å². The summed E-state index contributed by atoms with van der Waals surface area (Å²) in [5, 5.41) is 2.83. The van der Waals surface area contributed by atoms with Crippen LogP contribution in [0.4, 0.5) is 0 Å². The van der Waals surface area contributed by atoms with Crippen LogP contribution in [0.3, 0.4) is 0 Å². The van der Waals surface area contributed by atoms with Gasteiger partial charge in [0.25, 0.3) is 15.0 Å². The normalized spacial score (nSPS) is 18.3. The van der Waals surface area contributed by atoms with Gasteiger partial charge in [0.1, 0.15) is 5.75 Å². The molecule has 0 aliphatic carbocycles. The molecular weight excluding hydrogens is 302 g/mol. The monoisotopic (exact) mass is 317 g/mol. The van der Waals surface area contributed by atoms with E-state index in [1.807, 2.05) is 20.8 Å². The summed E-state index contributed by atoms with van der Waals surface area (Å²) in [5.41, 5.74) is 0.320. The summed E-state index contributed by atoms with van der Waals surface area (Å²) in [5.74, 6) is 0.298. The van der Waals surface area contributed by atoms with Crippen molar-refractivity contribution in [2.45, 2.75) is 43.7 Å². The number of ether oxygens (including phenoxy) is 1. The summed E-state index contributed by atoms with van der Waals surface area (Å²) in [6.45, 7) is 5.64. The first kappa shape index (κ1) is 15.1. The number of carbonyl (C=O) groups excluding carboxylic acids is 1. The summed E-state index contributed by atoms with van der Waals surface area (Å²) in [6.07, 6.45) is -0.310. The molecule has 1 amide bonds. The van der Waals surface area contributed by atoms with Gasteiger partial charge in [0.05, 0.1) is 4.90 Å². The summed E-state index contributed by atoms with van der Waals surface area (Å²) >= 11 is 0. The van der Waals surface area contributed by atoms with Crippen LogP contribution in [0.5, 0.6) is 5.75 Å². The molecule has 5 nitrogen and oxygen atoms in total. The molecule has 7 heteroatoms. The van der Waals surface area contributed by atoms with Crippen molar-refractivity contribution in [3.05, 3.63) is 23.8 Å². The number of benzene rings is 1. The van der Waals surface area contributed by atoms with Gasteiger partial charge >= 0.3 is 0 Å². The van der Waals surface area contributed by atoms with E-state index in [0.29, 0.717) is 17.7 Å². The van der Waals surface area contributed by atoms with E-state index in [1.54, 1.807) is 0 Å². The number of halogens is 1. The first-order valence-electron chi connectivity index (χ1n) is 6.12. The molecule has 2 rings (SSSR count). The number of hydrogen-bond acceptors (Lipinski definition) is 4. The van der Waals surface area contributed by atoms with E-state index in [9.17, 15) is 13.2 Å². The average Bonchev–Trinajstić information content (AvgIpc) is 2.67. The number of rotatable bonds is 2. The van der Waals surface area contributed by atoms with E-state index in [0.717, 1.165) is 0 Å². The van der Waals surface area contributed by atoms with Crippen LogP contribution >= 0.6 is 10.7 Å². The molecule has 1 aromatic carbocycles. The minimum absolute atomic E-state index is 0.0124. The number of nitrogens with one attached hydrogen (secondary N) is 1. The fourth-order valence-electron chi connectivity index (χ4n) is 1.97. The first-order valence-corrected chi connectivity index (χ1v) is 8.43. The molecule has 20 heavy (non-hydrogen) atoms. The molecule has 0 radical (unpaired) electrons. The second-order valence-electron chi connectivity index (χ2n) is 5.76. The molecular formula is C13H16ClNO4S. The molecule has 0 spiro atoms. The van der Waals surface area contributed by atoms with Crippen molar-refractivity contribution in [1.29, 1.82) is 0 Å². The molecule has 0 fully saturated rings. The molecule has 0 saturated carbocycles. The zero-order chi connectivity index (χ0) is 15.1. The molecule has 1 unspecified atom stereocenters. The second-order valence-corrected chi connectivity index (χ2v) is 8.32. The van der Waals surface area contributed by atoms with E-state index in [2.05, 4.69) is 5.32 Å². The van der Waals surface area contributed by atoms with Gasteiger partial charge in [-0.1, -0.05) is 0 Å². The molecule has 0 aromatic heterocycles. The van der Waals surface area contributed by atoms with Gasteiger partial charge in [0.2, 0.25) is 0 Å². The minimum atomic E-state index is -3.77. The Morgan fingerprint density at radius 2 is 2.05 bits per heavy atom. The maximum Gasteiger partial charge on any atom is 0.261 e. The standard InChI is InChI=1S/C13H16ClNO4S/c1-13(2,3)15-12(16)11-7-8-6-9(20(14,17)18)4-5-10(8)19-11/h4-6,11H,7H2,1-3H3,(H,15,16). The van der Waals surface area contributed by atoms with Crippen molar-refractivity contribution < 1.29 is 17.9 Å². The maximum absolute atomic E-state index is 12.0. The summed E-state index contributed by atoms with van der Waals surface area (Å²) in [6, 6.07) is 4.34. The maximum atomic E-state index is 12.0. The number of amides is 1. The van der Waals surface area contributed by atoms with Crippen LogP contribution in [0.2, 0.25) is 0 Å². The van der Waals surface area contributed by atoms with Crippen LogP contribution in [-0.2, 0) is 20.3 Å². The SMILES string of the molecule is CC(C)(C)NC(=O)C1Cc2cc(S(=O)(=O)Cl)ccc2O1. The molecule has 1 heterocycles. The largest absolute Gasteiger partial charge is 0.480 e. The van der Waals surface area contributed by atoms with Crippen molar-refractivity contribution in [2.24, 2.45) is 0 Å². The van der Waals surface area contributed by atoms with Crippen LogP contribution in [-0.4, -0.2) is 26.0 Å². The van der Waals surface area contributed by atoms with Gasteiger partial charge < -0.3 is 10.1 Å². The summed E-state index contributed by atoms with van der Waals surface area (Å²) in [4.78, 5) is 12.0. The minimum Gasteiger partial charge on any atom is -0.480 e. The fourth-order valence-corrected chi connectivity index (χ4v) is 2.77. The lowest BCUT2D eigenvalue weighted by atomic mass is 10.1. The second kappa shape index (κ2) is 4.93. The molecule has 1 aliphatic heterocycles. The van der Waals surface area contributed by atoms with Gasteiger partial charge in [0, 0.05) is 22.6 Å². The van der Waals surface area contributed by atoms with Crippen LogP contribution < -0.4 is 10.1 Å². The van der Waals surface area contributed by atoms with Crippen molar-refractivity contribution >= 4 is 25.6 Å². The van der Waals surface area contributed by atoms with Gasteiger partial charge in [0.15, 0.2) is 6.10 Å². The Kier molecular flexibility index (Phi) is 3.73. The van der Waals surface area contributed by atoms with E-state index in [-0.39, 0.29) is 16.3 Å². The molecule has 0 bridgehead atoms. The Morgan fingerprint density at radius 1 is 1.40 bits per heavy atom. The molecule has 110 valence electrons. The lowest BCUT2D eigenvalue weighted by molar-refractivity contribution is -0.128.